The zero-order valence-corrected chi connectivity index (χ0v) is 17.4. The molecule has 3 aromatic carbocycles. The van der Waals surface area contributed by atoms with Gasteiger partial charge in [0.1, 0.15) is 29.1 Å². The second-order valence-corrected chi connectivity index (χ2v) is 7.87. The standard InChI is InChI=1S/C25H21N3O5/c29-16-7-5-14(6-8-16)22-12-20(25-21(31)10-17(30)11-23(25)33-22)27-28-24(32)9-15-13-26-19-4-2-1-3-18(15)19/h1-8,10-11,13,22,26,29-31H,9,12H2,(H,28,32)/b27-20+/t22-/m0/s1. The van der Waals surface area contributed by atoms with Crippen LogP contribution in [-0.4, -0.2) is 31.9 Å². The van der Waals surface area contributed by atoms with Crippen LogP contribution in [0.5, 0.6) is 23.0 Å². The molecule has 1 aliphatic heterocycles. The number of aromatic nitrogens is 1. The van der Waals surface area contributed by atoms with E-state index in [9.17, 15) is 20.1 Å². The Labute approximate surface area is 188 Å². The number of nitrogens with one attached hydrogen (secondary N) is 2. The number of para-hydroxylation sites is 1. The van der Waals surface area contributed by atoms with Gasteiger partial charge < -0.3 is 25.0 Å². The summed E-state index contributed by atoms with van der Waals surface area (Å²) < 4.78 is 5.99. The third-order valence-electron chi connectivity index (χ3n) is 5.61. The van der Waals surface area contributed by atoms with Crippen LogP contribution >= 0.6 is 0 Å². The van der Waals surface area contributed by atoms with E-state index in [1.54, 1.807) is 30.5 Å². The minimum absolute atomic E-state index is 0.128. The van der Waals surface area contributed by atoms with E-state index in [0.717, 1.165) is 22.0 Å². The van der Waals surface area contributed by atoms with Gasteiger partial charge in [-0.1, -0.05) is 30.3 Å². The third kappa shape index (κ3) is 4.06. The van der Waals surface area contributed by atoms with E-state index < -0.39 is 6.10 Å². The number of hydrogen-bond acceptors (Lipinski definition) is 6. The van der Waals surface area contributed by atoms with E-state index in [1.807, 2.05) is 24.3 Å². The molecule has 4 aromatic rings. The van der Waals surface area contributed by atoms with E-state index in [-0.39, 0.29) is 41.7 Å². The summed E-state index contributed by atoms with van der Waals surface area (Å²) in [5, 5.41) is 35.2. The number of amides is 1. The molecule has 166 valence electrons. The zero-order valence-electron chi connectivity index (χ0n) is 17.4. The van der Waals surface area contributed by atoms with Gasteiger partial charge in [0.05, 0.1) is 17.7 Å². The first-order valence-electron chi connectivity index (χ1n) is 10.4. The molecule has 8 nitrogen and oxygen atoms in total. The summed E-state index contributed by atoms with van der Waals surface area (Å²) in [6.45, 7) is 0. The molecule has 0 bridgehead atoms. The summed E-state index contributed by atoms with van der Waals surface area (Å²) in [6.07, 6.45) is 1.72. The number of nitrogens with zero attached hydrogens (tertiary/aromatic N) is 1. The maximum absolute atomic E-state index is 12.6. The molecule has 1 aliphatic rings. The second kappa shape index (κ2) is 8.23. The summed E-state index contributed by atoms with van der Waals surface area (Å²) in [7, 11) is 0. The summed E-state index contributed by atoms with van der Waals surface area (Å²) in [4.78, 5) is 15.8. The van der Waals surface area contributed by atoms with Gasteiger partial charge >= 0.3 is 0 Å². The Balaban J connectivity index is 1.42. The van der Waals surface area contributed by atoms with Crippen molar-refractivity contribution in [2.45, 2.75) is 18.9 Å². The van der Waals surface area contributed by atoms with Crippen LogP contribution < -0.4 is 10.2 Å². The molecule has 2 heterocycles. The molecule has 5 N–H and O–H groups in total. The Kier molecular flexibility index (Phi) is 5.10. The molecule has 0 saturated heterocycles. The number of fused-ring (bicyclic) bond motifs is 2. The maximum atomic E-state index is 12.6. The Bertz CT molecular complexity index is 1370. The molecular formula is C25H21N3O5. The van der Waals surface area contributed by atoms with Crippen LogP contribution in [0.25, 0.3) is 10.9 Å². The molecule has 0 unspecified atom stereocenters. The first-order valence-corrected chi connectivity index (χ1v) is 10.4. The topological polar surface area (TPSA) is 127 Å². The Morgan fingerprint density at radius 3 is 2.67 bits per heavy atom. The molecule has 8 heteroatoms. The van der Waals surface area contributed by atoms with Crippen LogP contribution in [0.2, 0.25) is 0 Å². The van der Waals surface area contributed by atoms with Crippen LogP contribution in [0.1, 0.15) is 29.2 Å². The lowest BCUT2D eigenvalue weighted by Crippen LogP contribution is -2.26. The number of carbonyl (C=O) groups is 1. The highest BCUT2D eigenvalue weighted by atomic mass is 16.5. The van der Waals surface area contributed by atoms with E-state index in [0.29, 0.717) is 11.3 Å². The minimum Gasteiger partial charge on any atom is -0.508 e. The largest absolute Gasteiger partial charge is 0.508 e. The molecule has 5 rings (SSSR count). The minimum atomic E-state index is -0.483. The highest BCUT2D eigenvalue weighted by molar-refractivity contribution is 6.07. The Morgan fingerprint density at radius 1 is 1.06 bits per heavy atom. The number of rotatable bonds is 4. The predicted molar refractivity (Wildman–Crippen MR) is 123 cm³/mol. The summed E-state index contributed by atoms with van der Waals surface area (Å²) in [5.74, 6) is -0.274. The summed E-state index contributed by atoms with van der Waals surface area (Å²) >= 11 is 0. The third-order valence-corrected chi connectivity index (χ3v) is 5.61. The van der Waals surface area contributed by atoms with Gasteiger partial charge in [-0.2, -0.15) is 5.10 Å². The number of phenolic OH excluding ortho intramolecular Hbond substituents is 3. The molecule has 1 amide bonds. The normalized spacial score (nSPS) is 16.4. The smallest absolute Gasteiger partial charge is 0.244 e. The number of benzene rings is 3. The van der Waals surface area contributed by atoms with Gasteiger partial charge in [-0.25, -0.2) is 5.43 Å². The van der Waals surface area contributed by atoms with Crippen molar-refractivity contribution >= 4 is 22.5 Å². The van der Waals surface area contributed by atoms with E-state index >= 15 is 0 Å². The van der Waals surface area contributed by atoms with Gasteiger partial charge in [0, 0.05) is 35.7 Å². The van der Waals surface area contributed by atoms with Crippen molar-refractivity contribution in [3.05, 3.63) is 83.6 Å². The first kappa shape index (κ1) is 20.4. The van der Waals surface area contributed by atoms with Gasteiger partial charge in [-0.15, -0.1) is 0 Å². The summed E-state index contributed by atoms with van der Waals surface area (Å²) in [6, 6.07) is 16.9. The number of aromatic hydroxyl groups is 3. The number of carbonyl (C=O) groups excluding carboxylic acids is 1. The molecule has 1 atom stereocenters. The van der Waals surface area contributed by atoms with Crippen molar-refractivity contribution in [1.82, 2.24) is 10.4 Å². The van der Waals surface area contributed by atoms with Gasteiger partial charge in [0.2, 0.25) is 5.91 Å². The fraction of sp³-hybridized carbons (Fsp3) is 0.120. The lowest BCUT2D eigenvalue weighted by atomic mass is 9.94. The average Bonchev–Trinajstić information content (AvgIpc) is 3.20. The van der Waals surface area contributed by atoms with Gasteiger partial charge in [-0.3, -0.25) is 4.79 Å². The van der Waals surface area contributed by atoms with Crippen LogP contribution in [-0.2, 0) is 11.2 Å². The second-order valence-electron chi connectivity index (χ2n) is 7.87. The maximum Gasteiger partial charge on any atom is 0.244 e. The fourth-order valence-electron chi connectivity index (χ4n) is 4.04. The zero-order chi connectivity index (χ0) is 22.9. The molecule has 0 radical (unpaired) electrons. The lowest BCUT2D eigenvalue weighted by Gasteiger charge is -2.28. The van der Waals surface area contributed by atoms with Crippen molar-refractivity contribution in [3.8, 4) is 23.0 Å². The van der Waals surface area contributed by atoms with Crippen molar-refractivity contribution in [2.24, 2.45) is 5.10 Å². The predicted octanol–water partition coefficient (Wildman–Crippen LogP) is 3.87. The Morgan fingerprint density at radius 2 is 1.85 bits per heavy atom. The van der Waals surface area contributed by atoms with Crippen LogP contribution in [0.3, 0.4) is 0 Å². The number of H-pyrrole nitrogens is 1. The van der Waals surface area contributed by atoms with Gasteiger partial charge in [-0.05, 0) is 29.3 Å². The fourth-order valence-corrected chi connectivity index (χ4v) is 4.04. The number of phenols is 3. The molecule has 0 saturated carbocycles. The molecule has 0 aliphatic carbocycles. The van der Waals surface area contributed by atoms with E-state index in [4.69, 9.17) is 4.74 Å². The highest BCUT2D eigenvalue weighted by Crippen LogP contribution is 2.42. The van der Waals surface area contributed by atoms with Crippen LogP contribution in [0, 0.1) is 0 Å². The van der Waals surface area contributed by atoms with E-state index in [1.165, 1.54) is 12.1 Å². The highest BCUT2D eigenvalue weighted by Gasteiger charge is 2.30. The van der Waals surface area contributed by atoms with Crippen LogP contribution in [0.15, 0.2) is 72.0 Å². The monoisotopic (exact) mass is 443 g/mol. The molecule has 1 aromatic heterocycles. The van der Waals surface area contributed by atoms with Crippen molar-refractivity contribution in [2.75, 3.05) is 0 Å². The molecule has 33 heavy (non-hydrogen) atoms. The Hall–Kier alpha value is -4.46. The van der Waals surface area contributed by atoms with Crippen LogP contribution in [0.4, 0.5) is 0 Å². The molecule has 0 spiro atoms. The number of hydrogen-bond donors (Lipinski definition) is 5. The van der Waals surface area contributed by atoms with Gasteiger partial charge in [0.15, 0.2) is 0 Å². The molecular weight excluding hydrogens is 422 g/mol. The number of aromatic amines is 1. The SMILES string of the molecule is O=C(Cc1c[nH]c2ccccc12)N/N=C1\C[C@@H](c2ccc(O)cc2)Oc2cc(O)cc(O)c21. The van der Waals surface area contributed by atoms with Crippen molar-refractivity contribution < 1.29 is 24.9 Å². The van der Waals surface area contributed by atoms with E-state index in [2.05, 4.69) is 15.5 Å². The first-order chi connectivity index (χ1) is 16.0. The van der Waals surface area contributed by atoms with Crippen molar-refractivity contribution in [3.63, 3.8) is 0 Å². The molecule has 0 fully saturated rings. The quantitative estimate of drug-likeness (QED) is 0.306. The summed E-state index contributed by atoms with van der Waals surface area (Å²) in [5.41, 5.74) is 5.90. The van der Waals surface area contributed by atoms with Crippen molar-refractivity contribution in [1.29, 1.82) is 0 Å². The number of ether oxygens (including phenoxy) is 1. The average molecular weight is 443 g/mol. The lowest BCUT2D eigenvalue weighted by molar-refractivity contribution is -0.120. The number of hydrazone groups is 1. The van der Waals surface area contributed by atoms with Gasteiger partial charge in [0.25, 0.3) is 0 Å².